The van der Waals surface area contributed by atoms with Crippen LogP contribution in [0, 0.1) is 5.82 Å². The van der Waals surface area contributed by atoms with Gasteiger partial charge >= 0.3 is 5.97 Å². The number of carbonyl (C=O) groups is 1. The summed E-state index contributed by atoms with van der Waals surface area (Å²) in [6.45, 7) is 0.195. The highest BCUT2D eigenvalue weighted by Gasteiger charge is 2.15. The number of thiophene rings is 1. The third kappa shape index (κ3) is 6.23. The molecule has 0 fully saturated rings. The monoisotopic (exact) mass is 610 g/mol. The van der Waals surface area contributed by atoms with E-state index in [1.54, 1.807) is 41.7 Å². The van der Waals surface area contributed by atoms with Gasteiger partial charge in [0.2, 0.25) is 0 Å². The lowest BCUT2D eigenvalue weighted by molar-refractivity contribution is 0.0697. The molecule has 0 atom stereocenters. The number of carboxylic acids is 1. The van der Waals surface area contributed by atoms with Crippen molar-refractivity contribution in [3.05, 3.63) is 98.5 Å². The minimum atomic E-state index is -0.958. The number of carboxylic acid groups (broad SMARTS) is 1. The summed E-state index contributed by atoms with van der Waals surface area (Å²) in [5.74, 6) is 1.12. The molecule has 3 nitrogen and oxygen atoms in total. The van der Waals surface area contributed by atoms with Gasteiger partial charge < -0.3 is 9.84 Å². The van der Waals surface area contributed by atoms with Crippen molar-refractivity contribution in [3.63, 3.8) is 0 Å². The fourth-order valence-electron chi connectivity index (χ4n) is 3.14. The quantitative estimate of drug-likeness (QED) is 0.221. The minimum Gasteiger partial charge on any atom is -0.488 e. The summed E-state index contributed by atoms with van der Waals surface area (Å²) in [5.41, 5.74) is 3.69. The molecule has 0 amide bonds. The van der Waals surface area contributed by atoms with Crippen molar-refractivity contribution in [2.75, 3.05) is 5.83 Å². The van der Waals surface area contributed by atoms with Gasteiger partial charge in [-0.05, 0) is 65.3 Å². The maximum atomic E-state index is 13.3. The van der Waals surface area contributed by atoms with Crippen molar-refractivity contribution in [2.24, 2.45) is 0 Å². The zero-order chi connectivity index (χ0) is 24.0. The van der Waals surface area contributed by atoms with Crippen molar-refractivity contribution in [1.29, 1.82) is 0 Å². The summed E-state index contributed by atoms with van der Waals surface area (Å²) in [7, 11) is 0. The third-order valence-electron chi connectivity index (χ3n) is 4.69. The zero-order valence-corrected chi connectivity index (χ0v) is 22.1. The molecule has 4 rings (SSSR count). The average molecular weight is 613 g/mol. The fourth-order valence-corrected chi connectivity index (χ4v) is 4.64. The second-order valence-electron chi connectivity index (χ2n) is 6.71. The molecular formula is C25H18Br2ClFO3S. The molecule has 8 heteroatoms. The van der Waals surface area contributed by atoms with Crippen LogP contribution in [0.4, 0.5) is 4.39 Å². The number of aromatic carboxylic acids is 1. The lowest BCUT2D eigenvalue weighted by atomic mass is 10.0. The summed E-state index contributed by atoms with van der Waals surface area (Å²) >= 11 is 14.2. The van der Waals surface area contributed by atoms with Crippen LogP contribution in [0.5, 0.6) is 5.75 Å². The molecule has 0 radical (unpaired) electrons. The number of ether oxygens (including phenoxy) is 1. The predicted molar refractivity (Wildman–Crippen MR) is 140 cm³/mol. The van der Waals surface area contributed by atoms with Crippen molar-refractivity contribution in [3.8, 4) is 27.3 Å². The van der Waals surface area contributed by atoms with Crippen LogP contribution in [0.2, 0.25) is 5.02 Å². The summed E-state index contributed by atoms with van der Waals surface area (Å²) in [4.78, 5) is 12.2. The first-order chi connectivity index (χ1) is 15.9. The summed E-state index contributed by atoms with van der Waals surface area (Å²) < 4.78 is 20.3. The van der Waals surface area contributed by atoms with Crippen LogP contribution in [-0.2, 0) is 6.61 Å². The normalized spacial score (nSPS) is 10.3. The highest BCUT2D eigenvalue weighted by molar-refractivity contribution is 9.10. The fraction of sp³-hybridized carbons (Fsp3) is 0.0800. The molecule has 0 aliphatic heterocycles. The Kier molecular flexibility index (Phi) is 9.09. The predicted octanol–water partition coefficient (Wildman–Crippen LogP) is 8.93. The first-order valence-corrected chi connectivity index (χ1v) is 13.2. The van der Waals surface area contributed by atoms with E-state index >= 15 is 0 Å². The van der Waals surface area contributed by atoms with E-state index in [0.29, 0.717) is 16.3 Å². The van der Waals surface area contributed by atoms with E-state index in [0.717, 1.165) is 26.0 Å². The molecule has 0 saturated heterocycles. The van der Waals surface area contributed by atoms with E-state index in [1.165, 1.54) is 12.1 Å². The van der Waals surface area contributed by atoms with Crippen LogP contribution >= 0.6 is 54.8 Å². The van der Waals surface area contributed by atoms with Gasteiger partial charge in [0.15, 0.2) is 0 Å². The number of alkyl halides is 1. The molecule has 0 bridgehead atoms. The van der Waals surface area contributed by atoms with Crippen molar-refractivity contribution in [2.45, 2.75) is 6.61 Å². The van der Waals surface area contributed by atoms with E-state index in [2.05, 4.69) is 31.9 Å². The standard InChI is InChI=1S/C24H15BrClFO3S.CH3Br/c25-17-6-8-22(30-13-16-5-7-18(27)12-21(16)26)20(11-17)19-9-10-31-23(19)14-1-3-15(4-2-14)24(28)29;1-2/h1-12H,13H2,(H,28,29);1H3. The number of halogens is 4. The van der Waals surface area contributed by atoms with Crippen LogP contribution < -0.4 is 4.74 Å². The summed E-state index contributed by atoms with van der Waals surface area (Å²) in [6.07, 6.45) is 0. The Labute approximate surface area is 217 Å². The van der Waals surface area contributed by atoms with Gasteiger partial charge in [0.1, 0.15) is 18.2 Å². The van der Waals surface area contributed by atoms with Gasteiger partial charge in [0.25, 0.3) is 0 Å². The second kappa shape index (κ2) is 11.8. The minimum absolute atomic E-state index is 0.195. The Bertz CT molecular complexity index is 1260. The first kappa shape index (κ1) is 25.4. The highest BCUT2D eigenvalue weighted by atomic mass is 79.9. The second-order valence-corrected chi connectivity index (χ2v) is 8.95. The molecule has 0 spiro atoms. The van der Waals surface area contributed by atoms with Crippen LogP contribution in [0.3, 0.4) is 0 Å². The molecule has 0 unspecified atom stereocenters. The maximum Gasteiger partial charge on any atom is 0.335 e. The number of hydrogen-bond acceptors (Lipinski definition) is 3. The Morgan fingerprint density at radius 1 is 1.03 bits per heavy atom. The van der Waals surface area contributed by atoms with E-state index in [4.69, 9.17) is 21.4 Å². The average Bonchev–Trinajstić information content (AvgIpc) is 3.30. The van der Waals surface area contributed by atoms with Crippen LogP contribution in [0.25, 0.3) is 21.6 Å². The molecule has 1 N–H and O–H groups in total. The van der Waals surface area contributed by atoms with Gasteiger partial charge in [0.05, 0.1) is 10.6 Å². The molecule has 1 aromatic heterocycles. The number of rotatable bonds is 6. The Balaban J connectivity index is 0.00000149. The molecule has 170 valence electrons. The smallest absolute Gasteiger partial charge is 0.335 e. The first-order valence-electron chi connectivity index (χ1n) is 9.58. The molecule has 3 aromatic carbocycles. The lowest BCUT2D eigenvalue weighted by Crippen LogP contribution is -1.98. The SMILES string of the molecule is CBr.O=C(O)c1ccc(-c2sccc2-c2cc(Br)ccc2OCc2ccc(F)cc2Cl)cc1. The highest BCUT2D eigenvalue weighted by Crippen LogP contribution is 2.42. The van der Waals surface area contributed by atoms with E-state index < -0.39 is 11.8 Å². The van der Waals surface area contributed by atoms with Crippen LogP contribution in [0.1, 0.15) is 15.9 Å². The Hall–Kier alpha value is -2.19. The Morgan fingerprint density at radius 3 is 2.42 bits per heavy atom. The third-order valence-corrected chi connectivity index (χ3v) is 6.50. The van der Waals surface area contributed by atoms with Crippen LogP contribution in [-0.4, -0.2) is 16.9 Å². The molecule has 0 aliphatic rings. The topological polar surface area (TPSA) is 46.5 Å². The largest absolute Gasteiger partial charge is 0.488 e. The Morgan fingerprint density at radius 2 is 1.76 bits per heavy atom. The van der Waals surface area contributed by atoms with Gasteiger partial charge in [0, 0.05) is 26.0 Å². The van der Waals surface area contributed by atoms with Crippen molar-refractivity contribution >= 4 is 60.8 Å². The van der Waals surface area contributed by atoms with Gasteiger partial charge in [-0.25, -0.2) is 9.18 Å². The van der Waals surface area contributed by atoms with Gasteiger partial charge in [-0.1, -0.05) is 61.7 Å². The van der Waals surface area contributed by atoms with Crippen molar-refractivity contribution in [1.82, 2.24) is 0 Å². The lowest BCUT2D eigenvalue weighted by Gasteiger charge is -2.14. The summed E-state index contributed by atoms with van der Waals surface area (Å²) in [6, 6.07) is 18.7. The molecule has 4 aromatic rings. The maximum absolute atomic E-state index is 13.3. The van der Waals surface area contributed by atoms with E-state index in [-0.39, 0.29) is 12.2 Å². The van der Waals surface area contributed by atoms with E-state index in [1.807, 2.05) is 35.5 Å². The van der Waals surface area contributed by atoms with Crippen LogP contribution in [0.15, 0.2) is 76.6 Å². The molecule has 1 heterocycles. The molecule has 33 heavy (non-hydrogen) atoms. The van der Waals surface area contributed by atoms with Gasteiger partial charge in [-0.15, -0.1) is 11.3 Å². The number of hydrogen-bond donors (Lipinski definition) is 1. The molecule has 0 aliphatic carbocycles. The molecular weight excluding hydrogens is 595 g/mol. The zero-order valence-electron chi connectivity index (χ0n) is 17.3. The molecule has 0 saturated carbocycles. The van der Waals surface area contributed by atoms with Gasteiger partial charge in [-0.2, -0.15) is 0 Å². The number of benzene rings is 3. The summed E-state index contributed by atoms with van der Waals surface area (Å²) in [5, 5.41) is 11.4. The van der Waals surface area contributed by atoms with Crippen molar-refractivity contribution < 1.29 is 19.0 Å². The van der Waals surface area contributed by atoms with E-state index in [9.17, 15) is 9.18 Å². The van der Waals surface area contributed by atoms with Gasteiger partial charge in [-0.3, -0.25) is 0 Å².